The van der Waals surface area contributed by atoms with E-state index >= 15 is 0 Å². The van der Waals surface area contributed by atoms with Crippen molar-refractivity contribution in [2.24, 2.45) is 5.92 Å². The molecule has 0 amide bonds. The highest BCUT2D eigenvalue weighted by molar-refractivity contribution is 4.94. The van der Waals surface area contributed by atoms with Crippen LogP contribution in [0.1, 0.15) is 25.5 Å². The fraction of sp³-hybridized carbons (Fsp3) is 0.692. The second-order valence-corrected chi connectivity index (χ2v) is 4.72. The number of piperidine rings is 1. The van der Waals surface area contributed by atoms with E-state index in [0.717, 1.165) is 24.7 Å². The molecular weight excluding hydrogens is 212 g/mol. The molecule has 1 aliphatic heterocycles. The van der Waals surface area contributed by atoms with Crippen molar-refractivity contribution in [3.05, 3.63) is 24.3 Å². The van der Waals surface area contributed by atoms with Crippen LogP contribution < -0.4 is 5.32 Å². The van der Waals surface area contributed by atoms with Gasteiger partial charge >= 0.3 is 0 Å². The summed E-state index contributed by atoms with van der Waals surface area (Å²) in [7, 11) is 0. The first kappa shape index (κ1) is 12.5. The number of nitrogens with zero attached hydrogens (tertiary/aromatic N) is 3. The van der Waals surface area contributed by atoms with E-state index < -0.39 is 0 Å². The third kappa shape index (κ3) is 4.06. The lowest BCUT2D eigenvalue weighted by atomic mass is 9.97. The Morgan fingerprint density at radius 3 is 2.82 bits per heavy atom. The van der Waals surface area contributed by atoms with Crippen LogP contribution in [-0.4, -0.2) is 41.0 Å². The Kier molecular flexibility index (Phi) is 4.88. The summed E-state index contributed by atoms with van der Waals surface area (Å²) in [6.45, 7) is 7.75. The summed E-state index contributed by atoms with van der Waals surface area (Å²) in [6, 6.07) is 0. The van der Waals surface area contributed by atoms with E-state index in [0.29, 0.717) is 0 Å². The number of rotatable bonds is 5. The molecule has 0 atom stereocenters. The van der Waals surface area contributed by atoms with E-state index in [1.54, 1.807) is 12.4 Å². The maximum atomic E-state index is 4.32. The molecule has 1 fully saturated rings. The maximum absolute atomic E-state index is 4.32. The highest BCUT2D eigenvalue weighted by atomic mass is 15.1. The van der Waals surface area contributed by atoms with Crippen LogP contribution in [-0.2, 0) is 6.54 Å². The summed E-state index contributed by atoms with van der Waals surface area (Å²) in [4.78, 5) is 10.9. The first-order chi connectivity index (χ1) is 8.38. The van der Waals surface area contributed by atoms with E-state index in [-0.39, 0.29) is 0 Å². The number of hydrogen-bond donors (Lipinski definition) is 1. The lowest BCUT2D eigenvalue weighted by molar-refractivity contribution is 0.174. The molecule has 1 aromatic heterocycles. The second kappa shape index (κ2) is 6.67. The second-order valence-electron chi connectivity index (χ2n) is 4.72. The summed E-state index contributed by atoms with van der Waals surface area (Å²) in [5.74, 6) is 0.855. The van der Waals surface area contributed by atoms with E-state index in [1.807, 2.05) is 6.20 Å². The molecule has 4 heteroatoms. The van der Waals surface area contributed by atoms with Gasteiger partial charge in [0.05, 0.1) is 5.69 Å². The van der Waals surface area contributed by atoms with Crippen molar-refractivity contribution in [1.82, 2.24) is 20.2 Å². The molecule has 2 heterocycles. The Bertz CT molecular complexity index is 306. The van der Waals surface area contributed by atoms with E-state index in [4.69, 9.17) is 0 Å². The predicted octanol–water partition coefficient (Wildman–Crippen LogP) is 1.30. The van der Waals surface area contributed by atoms with Gasteiger partial charge in [0.1, 0.15) is 0 Å². The quantitative estimate of drug-likeness (QED) is 0.833. The van der Waals surface area contributed by atoms with Gasteiger partial charge in [-0.25, -0.2) is 0 Å². The summed E-state index contributed by atoms with van der Waals surface area (Å²) >= 11 is 0. The number of aromatic nitrogens is 2. The molecule has 0 aromatic carbocycles. The molecule has 0 bridgehead atoms. The Hall–Kier alpha value is -1.00. The van der Waals surface area contributed by atoms with Crippen molar-refractivity contribution in [2.75, 3.05) is 26.2 Å². The Labute approximate surface area is 103 Å². The molecule has 1 N–H and O–H groups in total. The van der Waals surface area contributed by atoms with Gasteiger partial charge in [0.15, 0.2) is 0 Å². The summed E-state index contributed by atoms with van der Waals surface area (Å²) < 4.78 is 0. The van der Waals surface area contributed by atoms with Crippen molar-refractivity contribution in [3.63, 3.8) is 0 Å². The SMILES string of the molecule is CCNCC1CCN(Cc2cnccn2)CC1. The third-order valence-electron chi connectivity index (χ3n) is 3.39. The van der Waals surface area contributed by atoms with Gasteiger partial charge in [-0.3, -0.25) is 14.9 Å². The van der Waals surface area contributed by atoms with Crippen molar-refractivity contribution in [3.8, 4) is 0 Å². The molecule has 0 saturated carbocycles. The number of likely N-dealkylation sites (tertiary alicyclic amines) is 1. The molecule has 0 spiro atoms. The Balaban J connectivity index is 1.72. The average Bonchev–Trinajstić information content (AvgIpc) is 2.39. The van der Waals surface area contributed by atoms with Gasteiger partial charge in [-0.15, -0.1) is 0 Å². The van der Waals surface area contributed by atoms with Crippen molar-refractivity contribution < 1.29 is 0 Å². The van der Waals surface area contributed by atoms with Gasteiger partial charge in [-0.05, 0) is 44.9 Å². The molecule has 4 nitrogen and oxygen atoms in total. The first-order valence-corrected chi connectivity index (χ1v) is 6.56. The maximum Gasteiger partial charge on any atom is 0.0726 e. The molecule has 1 saturated heterocycles. The molecule has 1 aliphatic rings. The third-order valence-corrected chi connectivity index (χ3v) is 3.39. The van der Waals surface area contributed by atoms with Gasteiger partial charge in [-0.2, -0.15) is 0 Å². The van der Waals surface area contributed by atoms with Gasteiger partial charge in [0, 0.05) is 25.1 Å². The normalized spacial score (nSPS) is 18.4. The first-order valence-electron chi connectivity index (χ1n) is 6.56. The molecule has 17 heavy (non-hydrogen) atoms. The Morgan fingerprint density at radius 1 is 1.35 bits per heavy atom. The fourth-order valence-corrected chi connectivity index (χ4v) is 2.34. The summed E-state index contributed by atoms with van der Waals surface area (Å²) in [5.41, 5.74) is 1.08. The minimum atomic E-state index is 0.855. The zero-order valence-electron chi connectivity index (χ0n) is 10.6. The molecule has 94 valence electrons. The van der Waals surface area contributed by atoms with Gasteiger partial charge in [0.25, 0.3) is 0 Å². The van der Waals surface area contributed by atoms with Crippen LogP contribution >= 0.6 is 0 Å². The highest BCUT2D eigenvalue weighted by Crippen LogP contribution is 2.17. The van der Waals surface area contributed by atoms with E-state index in [1.165, 1.54) is 32.5 Å². The summed E-state index contributed by atoms with van der Waals surface area (Å²) in [6.07, 6.45) is 7.96. The lowest BCUT2D eigenvalue weighted by Gasteiger charge is -2.31. The number of hydrogen-bond acceptors (Lipinski definition) is 4. The molecular formula is C13H22N4. The van der Waals surface area contributed by atoms with Gasteiger partial charge < -0.3 is 5.32 Å². The molecule has 0 aliphatic carbocycles. The van der Waals surface area contributed by atoms with Crippen molar-refractivity contribution >= 4 is 0 Å². The van der Waals surface area contributed by atoms with Crippen molar-refractivity contribution in [1.29, 1.82) is 0 Å². The minimum absolute atomic E-state index is 0.855. The average molecular weight is 234 g/mol. The zero-order valence-corrected chi connectivity index (χ0v) is 10.6. The minimum Gasteiger partial charge on any atom is -0.317 e. The van der Waals surface area contributed by atoms with Crippen LogP contribution in [0.5, 0.6) is 0 Å². The highest BCUT2D eigenvalue weighted by Gasteiger charge is 2.18. The van der Waals surface area contributed by atoms with E-state index in [9.17, 15) is 0 Å². The smallest absolute Gasteiger partial charge is 0.0726 e. The molecule has 2 rings (SSSR count). The Morgan fingerprint density at radius 2 is 2.18 bits per heavy atom. The standard InChI is InChI=1S/C13H22N4/c1-2-14-9-12-3-7-17(8-4-12)11-13-10-15-5-6-16-13/h5-6,10,12,14H,2-4,7-9,11H2,1H3. The monoisotopic (exact) mass is 234 g/mol. The predicted molar refractivity (Wildman–Crippen MR) is 68.6 cm³/mol. The molecule has 1 aromatic rings. The van der Waals surface area contributed by atoms with Crippen molar-refractivity contribution in [2.45, 2.75) is 26.3 Å². The zero-order chi connectivity index (χ0) is 11.9. The van der Waals surface area contributed by atoms with Gasteiger partial charge in [-0.1, -0.05) is 6.92 Å². The van der Waals surface area contributed by atoms with Crippen LogP contribution in [0.15, 0.2) is 18.6 Å². The largest absolute Gasteiger partial charge is 0.317 e. The number of nitrogens with one attached hydrogen (secondary N) is 1. The summed E-state index contributed by atoms with van der Waals surface area (Å²) in [5, 5.41) is 3.44. The molecule has 0 radical (unpaired) electrons. The van der Waals surface area contributed by atoms with Crippen LogP contribution in [0, 0.1) is 5.92 Å². The van der Waals surface area contributed by atoms with Crippen LogP contribution in [0.3, 0.4) is 0 Å². The topological polar surface area (TPSA) is 41.0 Å². The van der Waals surface area contributed by atoms with Gasteiger partial charge in [0.2, 0.25) is 0 Å². The van der Waals surface area contributed by atoms with Crippen LogP contribution in [0.25, 0.3) is 0 Å². The molecule has 0 unspecified atom stereocenters. The van der Waals surface area contributed by atoms with Crippen LogP contribution in [0.4, 0.5) is 0 Å². The lowest BCUT2D eigenvalue weighted by Crippen LogP contribution is -2.37. The van der Waals surface area contributed by atoms with Crippen LogP contribution in [0.2, 0.25) is 0 Å². The fourth-order valence-electron chi connectivity index (χ4n) is 2.34. The van der Waals surface area contributed by atoms with E-state index in [2.05, 4.69) is 27.1 Å².